The molecule has 2 saturated heterocycles. The van der Waals surface area contributed by atoms with Crippen LogP contribution in [0, 0.1) is 0 Å². The molecule has 0 radical (unpaired) electrons. The van der Waals surface area contributed by atoms with Crippen LogP contribution in [0.2, 0.25) is 5.02 Å². The maximum Gasteiger partial charge on any atom is 0.417 e. The van der Waals surface area contributed by atoms with Gasteiger partial charge in [0.2, 0.25) is 0 Å². The Balaban J connectivity index is 0.000000211. The first-order chi connectivity index (χ1) is 34.5. The van der Waals surface area contributed by atoms with Crippen molar-refractivity contribution in [3.8, 4) is 0 Å². The van der Waals surface area contributed by atoms with Crippen molar-refractivity contribution in [3.63, 3.8) is 0 Å². The first-order valence-electron chi connectivity index (χ1n) is 23.2. The highest BCUT2D eigenvalue weighted by atomic mass is 35.5. The predicted octanol–water partition coefficient (Wildman–Crippen LogP) is 9.11. The molecule has 2 N–H and O–H groups in total. The van der Waals surface area contributed by atoms with Crippen LogP contribution in [0.3, 0.4) is 0 Å². The molecular formula is C53H51ClF6N8O4. The van der Waals surface area contributed by atoms with Gasteiger partial charge in [0.1, 0.15) is 11.6 Å². The maximum absolute atomic E-state index is 13.3. The molecular weight excluding hydrogens is 962 g/mol. The van der Waals surface area contributed by atoms with E-state index in [-0.39, 0.29) is 49.1 Å². The Kier molecular flexibility index (Phi) is 17.5. The number of nitrogens with zero attached hydrogens (tertiary/aromatic N) is 6. The number of pyridine rings is 2. The van der Waals surface area contributed by atoms with Gasteiger partial charge in [-0.2, -0.15) is 26.3 Å². The van der Waals surface area contributed by atoms with Gasteiger partial charge >= 0.3 is 12.4 Å². The zero-order valence-electron chi connectivity index (χ0n) is 38.9. The summed E-state index contributed by atoms with van der Waals surface area (Å²) in [6.45, 7) is 3.77. The molecule has 2 aromatic heterocycles. The van der Waals surface area contributed by atoms with Crippen LogP contribution in [0.15, 0.2) is 140 Å². The second-order valence-electron chi connectivity index (χ2n) is 16.9. The van der Waals surface area contributed by atoms with Crippen molar-refractivity contribution in [1.82, 2.24) is 30.4 Å². The SMILES string of the molecule is O=C(NCCCc1ccccc1)c1ccc(N2CCN(C(=O)c3ccccc3C(F)(F)F)CC2)nc1.O=C(NCCc1cccc(Cl)c1)c1ccc(N2CCN(C(=O)c3ccccc3C(F)(F)F)CC2)nc1. The number of alkyl halides is 6. The van der Waals surface area contributed by atoms with Gasteiger partial charge in [-0.1, -0.05) is 78.3 Å². The Labute approximate surface area is 417 Å². The zero-order valence-corrected chi connectivity index (χ0v) is 39.7. The van der Waals surface area contributed by atoms with E-state index < -0.39 is 35.3 Å². The average Bonchev–Trinajstić information content (AvgIpc) is 3.39. The smallest absolute Gasteiger partial charge is 0.353 e. The van der Waals surface area contributed by atoms with Crippen LogP contribution in [0.4, 0.5) is 38.0 Å². The molecule has 4 amide bonds. The lowest BCUT2D eigenvalue weighted by molar-refractivity contribution is -0.138. The van der Waals surface area contributed by atoms with Crippen molar-refractivity contribution in [2.75, 3.05) is 75.2 Å². The Morgan fingerprint density at radius 3 is 1.39 bits per heavy atom. The Bertz CT molecular complexity index is 2780. The molecule has 4 heterocycles. The van der Waals surface area contributed by atoms with Crippen molar-refractivity contribution in [2.45, 2.75) is 31.6 Å². The number of anilines is 2. The van der Waals surface area contributed by atoms with Crippen molar-refractivity contribution < 1.29 is 45.5 Å². The van der Waals surface area contributed by atoms with Crippen LogP contribution in [-0.2, 0) is 25.2 Å². The number of aromatic nitrogens is 2. The van der Waals surface area contributed by atoms with Crippen molar-refractivity contribution >= 4 is 46.9 Å². The van der Waals surface area contributed by atoms with Crippen molar-refractivity contribution in [3.05, 3.63) is 189 Å². The third kappa shape index (κ3) is 14.1. The molecule has 0 aliphatic carbocycles. The summed E-state index contributed by atoms with van der Waals surface area (Å²) in [7, 11) is 0. The summed E-state index contributed by atoms with van der Waals surface area (Å²) in [5.74, 6) is -0.419. The van der Waals surface area contributed by atoms with E-state index in [0.29, 0.717) is 73.5 Å². The monoisotopic (exact) mass is 1010 g/mol. The molecule has 0 spiro atoms. The van der Waals surface area contributed by atoms with Crippen LogP contribution in [0.25, 0.3) is 0 Å². The van der Waals surface area contributed by atoms with Gasteiger partial charge in [0, 0.05) is 82.9 Å². The number of nitrogens with one attached hydrogen (secondary N) is 2. The summed E-state index contributed by atoms with van der Waals surface area (Å²) >= 11 is 5.98. The molecule has 0 saturated carbocycles. The third-order valence-corrected chi connectivity index (χ3v) is 12.3. The molecule has 0 unspecified atom stereocenters. The molecule has 72 heavy (non-hydrogen) atoms. The molecule has 6 aromatic rings. The van der Waals surface area contributed by atoms with Gasteiger partial charge in [-0.25, -0.2) is 9.97 Å². The van der Waals surface area contributed by atoms with Crippen LogP contribution >= 0.6 is 11.6 Å². The van der Waals surface area contributed by atoms with E-state index in [1.807, 2.05) is 46.2 Å². The van der Waals surface area contributed by atoms with Crippen LogP contribution in [0.5, 0.6) is 0 Å². The molecule has 2 fully saturated rings. The number of rotatable bonds is 13. The lowest BCUT2D eigenvalue weighted by Crippen LogP contribution is -2.49. The molecule has 4 aromatic carbocycles. The number of aryl methyl sites for hydroxylation is 1. The molecule has 8 rings (SSSR count). The Morgan fingerprint density at radius 1 is 0.500 bits per heavy atom. The van der Waals surface area contributed by atoms with Crippen molar-refractivity contribution in [1.29, 1.82) is 0 Å². The number of piperazine rings is 2. The van der Waals surface area contributed by atoms with Gasteiger partial charge in [0.15, 0.2) is 0 Å². The van der Waals surface area contributed by atoms with E-state index in [1.165, 1.54) is 64.2 Å². The lowest BCUT2D eigenvalue weighted by Gasteiger charge is -2.35. The largest absolute Gasteiger partial charge is 0.417 e. The first-order valence-corrected chi connectivity index (χ1v) is 23.6. The third-order valence-electron chi connectivity index (χ3n) is 12.1. The first kappa shape index (κ1) is 52.4. The molecule has 2 aliphatic heterocycles. The fraction of sp³-hybridized carbons (Fsp3) is 0.283. The van der Waals surface area contributed by atoms with Crippen LogP contribution in [0.1, 0.15) is 70.1 Å². The number of amides is 4. The number of halogens is 7. The predicted molar refractivity (Wildman–Crippen MR) is 262 cm³/mol. The van der Waals surface area contributed by atoms with Gasteiger partial charge in [0.05, 0.1) is 33.4 Å². The summed E-state index contributed by atoms with van der Waals surface area (Å²) in [5.41, 5.74) is 0.588. The Hall–Kier alpha value is -7.47. The van der Waals surface area contributed by atoms with Gasteiger partial charge in [-0.05, 0) is 91.1 Å². The molecule has 12 nitrogen and oxygen atoms in total. The quantitative estimate of drug-likeness (QED) is 0.0866. The standard InChI is InChI=1S/C27H27F3N4O2.C26H24ClF3N4O2/c28-27(29,30)23-11-5-4-10-22(23)26(36)34-17-15-33(16-18-34)24-13-12-21(19-32-24)25(35)31-14-6-9-20-7-2-1-3-8-20;27-20-5-3-4-18(16-20)10-11-31-24(35)19-8-9-23(32-17-19)33-12-14-34(15-13-33)25(36)21-6-1-2-7-22(21)26(28,29)30/h1-5,7-8,10-13,19H,6,9,14-18H2,(H,31,35);1-9,16-17H,10-15H2,(H,31,35). The number of hydrogen-bond acceptors (Lipinski definition) is 8. The molecule has 376 valence electrons. The summed E-state index contributed by atoms with van der Waals surface area (Å²) in [6.07, 6.45) is -3.82. The Morgan fingerprint density at radius 2 is 0.944 bits per heavy atom. The average molecular weight is 1010 g/mol. The number of carbonyl (C=O) groups excluding carboxylic acids is 4. The highest BCUT2D eigenvalue weighted by Crippen LogP contribution is 2.34. The van der Waals surface area contributed by atoms with Gasteiger partial charge in [0.25, 0.3) is 23.6 Å². The maximum atomic E-state index is 13.3. The highest BCUT2D eigenvalue weighted by Gasteiger charge is 2.38. The van der Waals surface area contributed by atoms with Gasteiger partial charge < -0.3 is 30.2 Å². The minimum Gasteiger partial charge on any atom is -0.353 e. The molecule has 2 aliphatic rings. The lowest BCUT2D eigenvalue weighted by atomic mass is 10.1. The number of benzene rings is 4. The van der Waals surface area contributed by atoms with E-state index in [9.17, 15) is 45.5 Å². The van der Waals surface area contributed by atoms with Crippen molar-refractivity contribution in [2.24, 2.45) is 0 Å². The second kappa shape index (κ2) is 24.1. The number of hydrogen-bond donors (Lipinski definition) is 2. The molecule has 0 atom stereocenters. The van der Waals surface area contributed by atoms with Gasteiger partial charge in [-0.3, -0.25) is 19.2 Å². The van der Waals surface area contributed by atoms with Gasteiger partial charge in [-0.15, -0.1) is 0 Å². The van der Waals surface area contributed by atoms with E-state index >= 15 is 0 Å². The summed E-state index contributed by atoms with van der Waals surface area (Å²) in [6, 6.07) is 34.0. The number of carbonyl (C=O) groups is 4. The normalized spacial score (nSPS) is 14.0. The minimum atomic E-state index is -4.60. The molecule has 19 heteroatoms. The second-order valence-corrected chi connectivity index (χ2v) is 17.4. The summed E-state index contributed by atoms with van der Waals surface area (Å²) in [4.78, 5) is 65.8. The van der Waals surface area contributed by atoms with E-state index in [1.54, 1.807) is 30.3 Å². The summed E-state index contributed by atoms with van der Waals surface area (Å²) < 4.78 is 79.7. The zero-order chi connectivity index (χ0) is 51.3. The molecule has 0 bridgehead atoms. The fourth-order valence-corrected chi connectivity index (χ4v) is 8.44. The van der Waals surface area contributed by atoms with E-state index in [2.05, 4.69) is 32.7 Å². The topological polar surface area (TPSA) is 131 Å². The van der Waals surface area contributed by atoms with E-state index in [0.717, 1.165) is 30.5 Å². The van der Waals surface area contributed by atoms with Crippen LogP contribution in [-0.4, -0.2) is 109 Å². The highest BCUT2D eigenvalue weighted by molar-refractivity contribution is 6.30. The van der Waals surface area contributed by atoms with E-state index in [4.69, 9.17) is 11.6 Å². The fourth-order valence-electron chi connectivity index (χ4n) is 8.22. The van der Waals surface area contributed by atoms with Crippen LogP contribution < -0.4 is 20.4 Å². The summed E-state index contributed by atoms with van der Waals surface area (Å²) in [5, 5.41) is 6.40. The minimum absolute atomic E-state index is 0.194.